The van der Waals surface area contributed by atoms with E-state index in [0.29, 0.717) is 43.1 Å². The highest BCUT2D eigenvalue weighted by molar-refractivity contribution is 7.89. The third-order valence-electron chi connectivity index (χ3n) is 8.59. The minimum absolute atomic E-state index is 0.152. The highest BCUT2D eigenvalue weighted by Gasteiger charge is 2.50. The third kappa shape index (κ3) is 6.46. The van der Waals surface area contributed by atoms with Gasteiger partial charge in [0.25, 0.3) is 0 Å². The average Bonchev–Trinajstić information content (AvgIpc) is 3.08. The Morgan fingerprint density at radius 2 is 1.88 bits per heavy atom. The molecule has 0 heterocycles. The molecule has 0 bridgehead atoms. The fraction of sp³-hybridized carbons (Fsp3) is 0.846. The van der Waals surface area contributed by atoms with Crippen LogP contribution in [0.5, 0.6) is 0 Å². The number of unbranched alkanes of at least 4 members (excludes halogenated alkanes) is 1. The summed E-state index contributed by atoms with van der Waals surface area (Å²) in [5, 5.41) is 20.0. The van der Waals surface area contributed by atoms with Crippen molar-refractivity contribution in [2.45, 2.75) is 104 Å². The van der Waals surface area contributed by atoms with Gasteiger partial charge in [-0.25, -0.2) is 13.1 Å². The molecule has 0 unspecified atom stereocenters. The van der Waals surface area contributed by atoms with E-state index in [4.69, 9.17) is 0 Å². The van der Waals surface area contributed by atoms with Crippen LogP contribution in [0.25, 0.3) is 0 Å². The lowest BCUT2D eigenvalue weighted by Crippen LogP contribution is -2.36. The first-order valence-electron chi connectivity index (χ1n) is 12.9. The van der Waals surface area contributed by atoms with Crippen molar-refractivity contribution in [1.82, 2.24) is 4.72 Å². The first-order chi connectivity index (χ1) is 15.1. The molecule has 0 aromatic rings. The molecule has 0 aromatic carbocycles. The van der Waals surface area contributed by atoms with Crippen LogP contribution >= 0.6 is 0 Å². The van der Waals surface area contributed by atoms with Crippen LogP contribution in [0.4, 0.5) is 0 Å². The molecule has 184 valence electrons. The van der Waals surface area contributed by atoms with Crippen LogP contribution in [0.2, 0.25) is 0 Å². The largest absolute Gasteiger partial charge is 0.393 e. The quantitative estimate of drug-likeness (QED) is 0.429. The lowest BCUT2D eigenvalue weighted by atomic mass is 9.60. The second-order valence-corrected chi connectivity index (χ2v) is 13.0. The fourth-order valence-electron chi connectivity index (χ4n) is 6.87. The molecule has 0 spiro atoms. The number of fused-ring (bicyclic) bond motifs is 1. The number of aliphatic hydroxyl groups excluding tert-OH is 2. The molecule has 0 radical (unpaired) electrons. The first-order valence-corrected chi connectivity index (χ1v) is 14.5. The summed E-state index contributed by atoms with van der Waals surface area (Å²) >= 11 is 0. The fourth-order valence-corrected chi connectivity index (χ4v) is 7.53. The lowest BCUT2D eigenvalue weighted by molar-refractivity contribution is 0.0609. The maximum absolute atomic E-state index is 11.6. The summed E-state index contributed by atoms with van der Waals surface area (Å²) in [5.74, 6) is 2.19. The highest BCUT2D eigenvalue weighted by atomic mass is 32.2. The van der Waals surface area contributed by atoms with E-state index >= 15 is 0 Å². The predicted molar refractivity (Wildman–Crippen MR) is 131 cm³/mol. The number of aliphatic hydroxyl groups is 2. The summed E-state index contributed by atoms with van der Waals surface area (Å²) in [6.45, 7) is 7.14. The van der Waals surface area contributed by atoms with Crippen molar-refractivity contribution in [3.63, 3.8) is 0 Å². The normalized spacial score (nSPS) is 35.7. The van der Waals surface area contributed by atoms with Gasteiger partial charge < -0.3 is 10.2 Å². The molecular formula is C26H45NO4S. The molecule has 0 saturated heterocycles. The smallest absolute Gasteiger partial charge is 0.211 e. The topological polar surface area (TPSA) is 86.6 Å². The minimum Gasteiger partial charge on any atom is -0.393 e. The van der Waals surface area contributed by atoms with E-state index in [1.54, 1.807) is 12.5 Å². The van der Waals surface area contributed by atoms with Gasteiger partial charge >= 0.3 is 0 Å². The van der Waals surface area contributed by atoms with Crippen molar-refractivity contribution in [3.8, 4) is 0 Å². The van der Waals surface area contributed by atoms with Gasteiger partial charge in [-0.3, -0.25) is 0 Å². The minimum atomic E-state index is -3.08. The molecule has 6 atom stereocenters. The van der Waals surface area contributed by atoms with Gasteiger partial charge in [-0.2, -0.15) is 0 Å². The Morgan fingerprint density at radius 3 is 2.56 bits per heavy atom. The molecule has 0 aromatic heterocycles. The highest BCUT2D eigenvalue weighted by Crippen LogP contribution is 2.59. The van der Waals surface area contributed by atoms with E-state index in [1.807, 2.05) is 0 Å². The van der Waals surface area contributed by atoms with E-state index in [2.05, 4.69) is 30.7 Å². The van der Waals surface area contributed by atoms with Crippen LogP contribution in [0, 0.1) is 23.2 Å². The Balaban J connectivity index is 1.56. The molecule has 32 heavy (non-hydrogen) atoms. The number of hydrogen-bond donors (Lipinski definition) is 3. The zero-order chi connectivity index (χ0) is 23.4. The van der Waals surface area contributed by atoms with Crippen molar-refractivity contribution < 1.29 is 18.6 Å². The Morgan fingerprint density at radius 1 is 1.16 bits per heavy atom. The van der Waals surface area contributed by atoms with Crippen LogP contribution < -0.4 is 4.72 Å². The van der Waals surface area contributed by atoms with Crippen molar-refractivity contribution >= 4 is 10.0 Å². The van der Waals surface area contributed by atoms with Gasteiger partial charge in [0.2, 0.25) is 10.0 Å². The molecule has 3 aliphatic rings. The van der Waals surface area contributed by atoms with Crippen LogP contribution in [0.15, 0.2) is 23.3 Å². The summed E-state index contributed by atoms with van der Waals surface area (Å²) in [5.41, 5.74) is 3.11. The Labute approximate surface area is 195 Å². The number of hydrogen-bond acceptors (Lipinski definition) is 4. The van der Waals surface area contributed by atoms with E-state index < -0.39 is 22.2 Å². The van der Waals surface area contributed by atoms with Gasteiger partial charge in [-0.15, -0.1) is 0 Å². The Kier molecular flexibility index (Phi) is 9.04. The third-order valence-corrected chi connectivity index (χ3v) is 9.99. The van der Waals surface area contributed by atoms with Crippen LogP contribution in [-0.4, -0.2) is 43.1 Å². The molecule has 0 aliphatic heterocycles. The molecular weight excluding hydrogens is 422 g/mol. The maximum Gasteiger partial charge on any atom is 0.211 e. The number of allylic oxidation sites excluding steroid dienone is 3. The van der Waals surface area contributed by atoms with Crippen LogP contribution in [0.3, 0.4) is 0 Å². The molecule has 3 N–H and O–H groups in total. The zero-order valence-electron chi connectivity index (χ0n) is 20.4. The SMILES string of the molecule is CCS(=O)(=O)NCCCC[C@@H](C)[C@H]1CC[C@H]2/C(=C/C=C3C[C@@H](O)C[C@H](O)C3)CCC[C@]12C. The molecule has 3 fully saturated rings. The van der Waals surface area contributed by atoms with Crippen molar-refractivity contribution in [2.24, 2.45) is 23.2 Å². The van der Waals surface area contributed by atoms with Crippen molar-refractivity contribution in [2.75, 3.05) is 12.3 Å². The summed E-state index contributed by atoms with van der Waals surface area (Å²) in [4.78, 5) is 0. The van der Waals surface area contributed by atoms with E-state index in [1.165, 1.54) is 44.1 Å². The zero-order valence-corrected chi connectivity index (χ0v) is 21.2. The number of sulfonamides is 1. The van der Waals surface area contributed by atoms with Crippen molar-refractivity contribution in [3.05, 3.63) is 23.3 Å². The number of rotatable bonds is 9. The summed E-state index contributed by atoms with van der Waals surface area (Å²) in [6.07, 6.45) is 15.0. The second-order valence-electron chi connectivity index (χ2n) is 10.9. The van der Waals surface area contributed by atoms with E-state index in [9.17, 15) is 18.6 Å². The first kappa shape index (κ1) is 25.9. The molecule has 0 amide bonds. The molecule has 5 nitrogen and oxygen atoms in total. The van der Waals surface area contributed by atoms with Crippen LogP contribution in [0.1, 0.15) is 91.4 Å². The lowest BCUT2D eigenvalue weighted by Gasteiger charge is -2.44. The van der Waals surface area contributed by atoms with E-state index in [0.717, 1.165) is 18.8 Å². The van der Waals surface area contributed by atoms with Crippen LogP contribution in [-0.2, 0) is 10.0 Å². The van der Waals surface area contributed by atoms with Gasteiger partial charge in [0, 0.05) is 6.54 Å². The maximum atomic E-state index is 11.6. The molecule has 3 saturated carbocycles. The van der Waals surface area contributed by atoms with Crippen molar-refractivity contribution in [1.29, 1.82) is 0 Å². The predicted octanol–water partition coefficient (Wildman–Crippen LogP) is 4.71. The average molecular weight is 468 g/mol. The van der Waals surface area contributed by atoms with Gasteiger partial charge in [-0.1, -0.05) is 50.0 Å². The monoisotopic (exact) mass is 467 g/mol. The summed E-state index contributed by atoms with van der Waals surface area (Å²) in [7, 11) is -3.08. The second kappa shape index (κ2) is 11.2. The standard InChI is InChI=1S/C26H45NO4S/c1-4-32(30,31)27-15-6-5-8-19(2)24-12-13-25-21(9-7-14-26(24,25)3)11-10-20-16-22(28)18-23(29)17-20/h10-11,19,22-25,27-29H,4-9,12-18H2,1-3H3/b21-11+/t19-,22-,23-,24-,25+,26-/m1/s1. The summed E-state index contributed by atoms with van der Waals surface area (Å²) < 4.78 is 25.8. The molecule has 3 rings (SSSR count). The number of nitrogens with one attached hydrogen (secondary N) is 1. The van der Waals surface area contributed by atoms with Gasteiger partial charge in [0.15, 0.2) is 0 Å². The van der Waals surface area contributed by atoms with E-state index in [-0.39, 0.29) is 5.75 Å². The Hall–Kier alpha value is -0.690. The summed E-state index contributed by atoms with van der Waals surface area (Å²) in [6, 6.07) is 0. The van der Waals surface area contributed by atoms with Gasteiger partial charge in [-0.05, 0) is 87.9 Å². The Bertz CT molecular complexity index is 778. The molecule has 6 heteroatoms. The van der Waals surface area contributed by atoms with Gasteiger partial charge in [0.05, 0.1) is 18.0 Å². The molecule has 3 aliphatic carbocycles. The van der Waals surface area contributed by atoms with Gasteiger partial charge in [0.1, 0.15) is 0 Å².